The van der Waals surface area contributed by atoms with Gasteiger partial charge in [0.05, 0.1) is 23.4 Å². The number of benzene rings is 2. The Morgan fingerprint density at radius 3 is 2.67 bits per heavy atom. The van der Waals surface area contributed by atoms with E-state index in [9.17, 15) is 13.6 Å². The Balaban J connectivity index is 2.60. The first kappa shape index (κ1) is 15.4. The van der Waals surface area contributed by atoms with Gasteiger partial charge in [-0.05, 0) is 37.3 Å². The molecule has 0 saturated carbocycles. The summed E-state index contributed by atoms with van der Waals surface area (Å²) in [6, 6.07) is 6.72. The highest BCUT2D eigenvalue weighted by Crippen LogP contribution is 2.29. The summed E-state index contributed by atoms with van der Waals surface area (Å²) in [4.78, 5) is 12.5. The van der Waals surface area contributed by atoms with Crippen molar-refractivity contribution in [1.29, 1.82) is 0 Å². The minimum atomic E-state index is -1.07. The summed E-state index contributed by atoms with van der Waals surface area (Å²) in [5.41, 5.74) is 4.49. The highest BCUT2D eigenvalue weighted by molar-refractivity contribution is 9.10. The van der Waals surface area contributed by atoms with Crippen molar-refractivity contribution in [1.82, 2.24) is 0 Å². The third-order valence-electron chi connectivity index (χ3n) is 2.83. The molecule has 21 heavy (non-hydrogen) atoms. The van der Waals surface area contributed by atoms with E-state index in [1.807, 2.05) is 0 Å². The minimum Gasteiger partial charge on any atom is -0.493 e. The molecule has 0 bridgehead atoms. The number of rotatable bonds is 4. The molecule has 0 aliphatic heterocycles. The van der Waals surface area contributed by atoms with Crippen LogP contribution in [-0.2, 0) is 0 Å². The fraction of sp³-hybridized carbons (Fsp3) is 0.133. The summed E-state index contributed by atoms with van der Waals surface area (Å²) in [6.07, 6.45) is 0. The van der Waals surface area contributed by atoms with Crippen LogP contribution in [-0.4, -0.2) is 12.4 Å². The van der Waals surface area contributed by atoms with Gasteiger partial charge in [0, 0.05) is 4.47 Å². The lowest BCUT2D eigenvalue weighted by molar-refractivity contribution is 0.102. The second kappa shape index (κ2) is 6.22. The molecule has 2 N–H and O–H groups in total. The van der Waals surface area contributed by atoms with Gasteiger partial charge in [0.15, 0.2) is 5.82 Å². The van der Waals surface area contributed by atoms with E-state index in [2.05, 4.69) is 15.9 Å². The molecule has 0 heterocycles. The zero-order chi connectivity index (χ0) is 15.6. The standard InChI is InChI=1S/C15H12BrF2NO2/c1-2-21-12-6-3-8(16)7-9(12)15(20)13-10(17)4-5-11(19)14(13)18/h3-7H,2,19H2,1H3. The Morgan fingerprint density at radius 1 is 1.29 bits per heavy atom. The molecule has 0 aliphatic rings. The van der Waals surface area contributed by atoms with E-state index in [1.165, 1.54) is 6.07 Å². The van der Waals surface area contributed by atoms with Gasteiger partial charge in [-0.25, -0.2) is 8.78 Å². The summed E-state index contributed by atoms with van der Waals surface area (Å²) in [6.45, 7) is 2.07. The SMILES string of the molecule is CCOc1ccc(Br)cc1C(=O)c1c(F)ccc(N)c1F. The molecular weight excluding hydrogens is 344 g/mol. The molecule has 3 nitrogen and oxygen atoms in total. The third-order valence-corrected chi connectivity index (χ3v) is 3.33. The lowest BCUT2D eigenvalue weighted by Crippen LogP contribution is -2.11. The van der Waals surface area contributed by atoms with Crippen LogP contribution in [0.3, 0.4) is 0 Å². The van der Waals surface area contributed by atoms with Crippen LogP contribution < -0.4 is 10.5 Å². The molecule has 0 amide bonds. The van der Waals surface area contributed by atoms with Gasteiger partial charge in [-0.3, -0.25) is 4.79 Å². The third kappa shape index (κ3) is 3.05. The zero-order valence-corrected chi connectivity index (χ0v) is 12.7. The van der Waals surface area contributed by atoms with Crippen LogP contribution in [0.25, 0.3) is 0 Å². The van der Waals surface area contributed by atoms with E-state index < -0.39 is 23.0 Å². The maximum Gasteiger partial charge on any atom is 0.202 e. The van der Waals surface area contributed by atoms with Crippen molar-refractivity contribution in [3.63, 3.8) is 0 Å². The molecule has 2 rings (SSSR count). The van der Waals surface area contributed by atoms with Crippen LogP contribution in [0.2, 0.25) is 0 Å². The van der Waals surface area contributed by atoms with Gasteiger partial charge in [-0.1, -0.05) is 15.9 Å². The molecule has 0 radical (unpaired) electrons. The molecule has 0 unspecified atom stereocenters. The fourth-order valence-electron chi connectivity index (χ4n) is 1.87. The Hall–Kier alpha value is -1.95. The van der Waals surface area contributed by atoms with Crippen LogP contribution in [0.4, 0.5) is 14.5 Å². The molecule has 0 fully saturated rings. The number of anilines is 1. The van der Waals surface area contributed by atoms with E-state index in [1.54, 1.807) is 19.1 Å². The summed E-state index contributed by atoms with van der Waals surface area (Å²) in [7, 11) is 0. The van der Waals surface area contributed by atoms with Gasteiger partial charge >= 0.3 is 0 Å². The Morgan fingerprint density at radius 2 is 2.00 bits per heavy atom. The quantitative estimate of drug-likeness (QED) is 0.667. The maximum absolute atomic E-state index is 14.0. The van der Waals surface area contributed by atoms with E-state index in [0.29, 0.717) is 11.1 Å². The van der Waals surface area contributed by atoms with Gasteiger partial charge in [0.1, 0.15) is 11.6 Å². The lowest BCUT2D eigenvalue weighted by Gasteiger charge is -2.11. The van der Waals surface area contributed by atoms with Gasteiger partial charge in [0.25, 0.3) is 0 Å². The average molecular weight is 356 g/mol. The number of halogens is 3. The van der Waals surface area contributed by atoms with E-state index in [0.717, 1.165) is 12.1 Å². The van der Waals surface area contributed by atoms with Crippen LogP contribution in [0.15, 0.2) is 34.8 Å². The molecule has 0 spiro atoms. The number of ketones is 1. The fourth-order valence-corrected chi connectivity index (χ4v) is 2.23. The summed E-state index contributed by atoms with van der Waals surface area (Å²) < 4.78 is 33.7. The van der Waals surface area contributed by atoms with Crippen molar-refractivity contribution in [2.75, 3.05) is 12.3 Å². The summed E-state index contributed by atoms with van der Waals surface area (Å²) in [5.74, 6) is -2.59. The Bertz CT molecular complexity index is 704. The van der Waals surface area contributed by atoms with Crippen LogP contribution in [0.5, 0.6) is 5.75 Å². The average Bonchev–Trinajstić information content (AvgIpc) is 2.45. The second-order valence-electron chi connectivity index (χ2n) is 4.23. The van der Waals surface area contributed by atoms with Gasteiger partial charge in [-0.15, -0.1) is 0 Å². The van der Waals surface area contributed by atoms with Crippen molar-refractivity contribution < 1.29 is 18.3 Å². The maximum atomic E-state index is 14.0. The number of nitrogen functional groups attached to an aromatic ring is 1. The summed E-state index contributed by atoms with van der Waals surface area (Å²) in [5, 5.41) is 0. The van der Waals surface area contributed by atoms with Crippen molar-refractivity contribution in [2.45, 2.75) is 6.92 Å². The number of carbonyl (C=O) groups is 1. The molecule has 0 aromatic heterocycles. The van der Waals surface area contributed by atoms with Crippen molar-refractivity contribution in [3.8, 4) is 5.75 Å². The number of ether oxygens (including phenoxy) is 1. The molecule has 2 aromatic carbocycles. The second-order valence-corrected chi connectivity index (χ2v) is 5.14. The van der Waals surface area contributed by atoms with E-state index in [-0.39, 0.29) is 17.0 Å². The van der Waals surface area contributed by atoms with Gasteiger partial charge in [0.2, 0.25) is 5.78 Å². The highest BCUT2D eigenvalue weighted by atomic mass is 79.9. The lowest BCUT2D eigenvalue weighted by atomic mass is 10.0. The normalized spacial score (nSPS) is 10.5. The van der Waals surface area contributed by atoms with E-state index >= 15 is 0 Å². The topological polar surface area (TPSA) is 52.3 Å². The first-order chi connectivity index (χ1) is 9.95. The van der Waals surface area contributed by atoms with Crippen LogP contribution >= 0.6 is 15.9 Å². The molecule has 6 heteroatoms. The molecular formula is C15H12BrF2NO2. The number of hydrogen-bond donors (Lipinski definition) is 1. The van der Waals surface area contributed by atoms with Crippen molar-refractivity contribution in [3.05, 3.63) is 57.6 Å². The first-order valence-corrected chi connectivity index (χ1v) is 6.95. The zero-order valence-electron chi connectivity index (χ0n) is 11.1. The first-order valence-electron chi connectivity index (χ1n) is 6.16. The van der Waals surface area contributed by atoms with Crippen LogP contribution in [0, 0.1) is 11.6 Å². The largest absolute Gasteiger partial charge is 0.493 e. The van der Waals surface area contributed by atoms with Crippen LogP contribution in [0.1, 0.15) is 22.8 Å². The number of hydrogen-bond acceptors (Lipinski definition) is 3. The van der Waals surface area contributed by atoms with Crippen molar-refractivity contribution >= 4 is 27.4 Å². The molecule has 2 aromatic rings. The predicted octanol–water partition coefficient (Wildman–Crippen LogP) is 3.94. The smallest absolute Gasteiger partial charge is 0.202 e. The van der Waals surface area contributed by atoms with E-state index in [4.69, 9.17) is 10.5 Å². The summed E-state index contributed by atoms with van der Waals surface area (Å²) >= 11 is 3.22. The molecule has 0 saturated heterocycles. The number of carbonyl (C=O) groups excluding carboxylic acids is 1. The Kier molecular flexibility index (Phi) is 4.57. The Labute approximate surface area is 128 Å². The molecule has 110 valence electrons. The van der Waals surface area contributed by atoms with Gasteiger partial charge < -0.3 is 10.5 Å². The van der Waals surface area contributed by atoms with Crippen molar-refractivity contribution in [2.24, 2.45) is 0 Å². The minimum absolute atomic E-state index is 0.0645. The molecule has 0 aliphatic carbocycles. The number of nitrogens with two attached hydrogens (primary N) is 1. The predicted molar refractivity (Wildman–Crippen MR) is 79.5 cm³/mol. The molecule has 0 atom stereocenters. The van der Waals surface area contributed by atoms with Gasteiger partial charge in [-0.2, -0.15) is 0 Å². The monoisotopic (exact) mass is 355 g/mol. The highest BCUT2D eigenvalue weighted by Gasteiger charge is 2.24.